The van der Waals surface area contributed by atoms with E-state index in [1.54, 1.807) is 19.5 Å². The van der Waals surface area contributed by atoms with Crippen LogP contribution in [0.15, 0.2) is 103 Å². The normalized spacial score (nSPS) is 11.1. The lowest BCUT2D eigenvalue weighted by Crippen LogP contribution is -2.01. The highest BCUT2D eigenvalue weighted by atomic mass is 16.5. The molecule has 170 valence electrons. The standard InChI is InChI=1S/C30H23N3O2/c1-20-16-24(34-2)19-32-30(20)33-27-11-4-3-10-25(27)26-14-13-22(18-28(26)33)21-8-7-9-23(17-21)35-29-12-5-6-15-31-29/h3-19H,1-2H3. The summed E-state index contributed by atoms with van der Waals surface area (Å²) in [5, 5.41) is 2.38. The first-order valence-electron chi connectivity index (χ1n) is 11.4. The van der Waals surface area contributed by atoms with Crippen molar-refractivity contribution >= 4 is 21.8 Å². The Hall–Kier alpha value is -4.64. The van der Waals surface area contributed by atoms with E-state index in [1.807, 2.05) is 42.5 Å². The van der Waals surface area contributed by atoms with Crippen molar-refractivity contribution < 1.29 is 9.47 Å². The molecule has 3 heterocycles. The SMILES string of the molecule is COc1cnc(-n2c3ccccc3c3ccc(-c4cccc(Oc5ccccn5)c4)cc32)c(C)c1. The van der Waals surface area contributed by atoms with Crippen molar-refractivity contribution in [3.8, 4) is 34.3 Å². The van der Waals surface area contributed by atoms with Crippen LogP contribution >= 0.6 is 0 Å². The van der Waals surface area contributed by atoms with Crippen LogP contribution in [0.25, 0.3) is 38.8 Å². The summed E-state index contributed by atoms with van der Waals surface area (Å²) in [7, 11) is 1.66. The zero-order valence-corrected chi connectivity index (χ0v) is 19.5. The van der Waals surface area contributed by atoms with Crippen LogP contribution in [0.3, 0.4) is 0 Å². The predicted molar refractivity (Wildman–Crippen MR) is 140 cm³/mol. The van der Waals surface area contributed by atoms with Crippen molar-refractivity contribution in [3.63, 3.8) is 0 Å². The van der Waals surface area contributed by atoms with Gasteiger partial charge in [0.2, 0.25) is 5.88 Å². The van der Waals surface area contributed by atoms with E-state index in [9.17, 15) is 0 Å². The molecule has 0 atom stereocenters. The predicted octanol–water partition coefficient (Wildman–Crippen LogP) is 7.35. The number of hydrogen-bond acceptors (Lipinski definition) is 4. The van der Waals surface area contributed by atoms with Gasteiger partial charge in [0.15, 0.2) is 0 Å². The summed E-state index contributed by atoms with van der Waals surface area (Å²) in [6.45, 7) is 2.06. The van der Waals surface area contributed by atoms with Crippen LogP contribution in [0, 0.1) is 6.92 Å². The number of fused-ring (bicyclic) bond motifs is 3. The molecule has 6 rings (SSSR count). The summed E-state index contributed by atoms with van der Waals surface area (Å²) in [6, 6.07) is 30.7. The Morgan fingerprint density at radius 2 is 1.51 bits per heavy atom. The number of aromatic nitrogens is 3. The Morgan fingerprint density at radius 3 is 2.34 bits per heavy atom. The summed E-state index contributed by atoms with van der Waals surface area (Å²) in [4.78, 5) is 9.03. The van der Waals surface area contributed by atoms with Crippen LogP contribution in [0.2, 0.25) is 0 Å². The third-order valence-electron chi connectivity index (χ3n) is 6.17. The Morgan fingerprint density at radius 1 is 0.686 bits per heavy atom. The van der Waals surface area contributed by atoms with Crippen molar-refractivity contribution in [2.45, 2.75) is 6.92 Å². The highest BCUT2D eigenvalue weighted by Gasteiger charge is 2.16. The molecule has 6 aromatic rings. The quantitative estimate of drug-likeness (QED) is 0.272. The van der Waals surface area contributed by atoms with E-state index in [4.69, 9.17) is 14.5 Å². The van der Waals surface area contributed by atoms with Crippen molar-refractivity contribution in [2.75, 3.05) is 7.11 Å². The van der Waals surface area contributed by atoms with Gasteiger partial charge in [0.1, 0.15) is 17.3 Å². The van der Waals surface area contributed by atoms with Crippen LogP contribution in [-0.2, 0) is 0 Å². The average Bonchev–Trinajstić information content (AvgIpc) is 3.23. The largest absolute Gasteiger partial charge is 0.495 e. The number of para-hydroxylation sites is 1. The molecule has 0 spiro atoms. The molecular weight excluding hydrogens is 434 g/mol. The fraction of sp³-hybridized carbons (Fsp3) is 0.0667. The van der Waals surface area contributed by atoms with E-state index in [1.165, 1.54) is 10.8 Å². The minimum absolute atomic E-state index is 0.571. The third kappa shape index (κ3) is 3.77. The zero-order chi connectivity index (χ0) is 23.8. The highest BCUT2D eigenvalue weighted by molar-refractivity contribution is 6.10. The van der Waals surface area contributed by atoms with Crippen LogP contribution in [0.5, 0.6) is 17.4 Å². The maximum Gasteiger partial charge on any atom is 0.219 e. The van der Waals surface area contributed by atoms with Crippen LogP contribution in [0.1, 0.15) is 5.56 Å². The molecule has 35 heavy (non-hydrogen) atoms. The minimum Gasteiger partial charge on any atom is -0.495 e. The lowest BCUT2D eigenvalue weighted by atomic mass is 10.0. The molecule has 0 N–H and O–H groups in total. The number of hydrogen-bond donors (Lipinski definition) is 0. The minimum atomic E-state index is 0.571. The summed E-state index contributed by atoms with van der Waals surface area (Å²) >= 11 is 0. The number of nitrogens with zero attached hydrogens (tertiary/aromatic N) is 3. The maximum atomic E-state index is 5.97. The van der Waals surface area contributed by atoms with Crippen LogP contribution in [0.4, 0.5) is 0 Å². The van der Waals surface area contributed by atoms with Gasteiger partial charge in [-0.3, -0.25) is 4.57 Å². The smallest absolute Gasteiger partial charge is 0.219 e. The zero-order valence-electron chi connectivity index (χ0n) is 19.5. The van der Waals surface area contributed by atoms with Gasteiger partial charge in [0.25, 0.3) is 0 Å². The summed E-state index contributed by atoms with van der Waals surface area (Å²) in [5.74, 6) is 2.95. The second-order valence-electron chi connectivity index (χ2n) is 8.40. The fourth-order valence-corrected chi connectivity index (χ4v) is 4.53. The molecule has 0 aliphatic rings. The molecule has 3 aromatic carbocycles. The first-order chi connectivity index (χ1) is 17.2. The summed E-state index contributed by atoms with van der Waals surface area (Å²) in [5.41, 5.74) is 5.42. The Kier molecular flexibility index (Phi) is 5.15. The van der Waals surface area contributed by atoms with E-state index < -0.39 is 0 Å². The van der Waals surface area contributed by atoms with Gasteiger partial charge in [-0.2, -0.15) is 0 Å². The third-order valence-corrected chi connectivity index (χ3v) is 6.17. The molecular formula is C30H23N3O2. The van der Waals surface area contributed by atoms with Crippen LogP contribution < -0.4 is 9.47 Å². The monoisotopic (exact) mass is 457 g/mol. The van der Waals surface area contributed by atoms with Gasteiger partial charge < -0.3 is 9.47 Å². The lowest BCUT2D eigenvalue weighted by Gasteiger charge is -2.12. The molecule has 0 saturated carbocycles. The highest BCUT2D eigenvalue weighted by Crippen LogP contribution is 2.36. The Bertz CT molecular complexity index is 1670. The number of methoxy groups -OCH3 is 1. The van der Waals surface area contributed by atoms with Crippen LogP contribution in [-0.4, -0.2) is 21.6 Å². The van der Waals surface area contributed by atoms with Crippen molar-refractivity contribution in [2.24, 2.45) is 0 Å². The first kappa shape index (κ1) is 20.9. The number of aryl methyl sites for hydroxylation is 1. The Labute approximate surface area is 203 Å². The molecule has 0 bridgehead atoms. The maximum absolute atomic E-state index is 5.97. The van der Waals surface area contributed by atoms with Gasteiger partial charge in [-0.1, -0.05) is 48.5 Å². The molecule has 0 aliphatic carbocycles. The second kappa shape index (κ2) is 8.61. The number of ether oxygens (including phenoxy) is 2. The van der Waals surface area contributed by atoms with Gasteiger partial charge in [-0.15, -0.1) is 0 Å². The molecule has 0 fully saturated rings. The van der Waals surface area contributed by atoms with Gasteiger partial charge in [0, 0.05) is 23.0 Å². The molecule has 0 saturated heterocycles. The molecule has 0 aliphatic heterocycles. The van der Waals surface area contributed by atoms with E-state index in [0.29, 0.717) is 5.88 Å². The fourth-order valence-electron chi connectivity index (χ4n) is 4.53. The van der Waals surface area contributed by atoms with E-state index in [2.05, 4.69) is 65.0 Å². The van der Waals surface area contributed by atoms with Crippen molar-refractivity contribution in [3.05, 3.63) is 109 Å². The summed E-state index contributed by atoms with van der Waals surface area (Å²) in [6.07, 6.45) is 3.49. The van der Waals surface area contributed by atoms with Gasteiger partial charge in [0.05, 0.1) is 24.3 Å². The Balaban J connectivity index is 1.51. The van der Waals surface area contributed by atoms with E-state index in [-0.39, 0.29) is 0 Å². The first-order valence-corrected chi connectivity index (χ1v) is 11.4. The summed E-state index contributed by atoms with van der Waals surface area (Å²) < 4.78 is 13.6. The average molecular weight is 458 g/mol. The van der Waals surface area contributed by atoms with Gasteiger partial charge in [-0.05, 0) is 60.0 Å². The van der Waals surface area contributed by atoms with E-state index >= 15 is 0 Å². The van der Waals surface area contributed by atoms with Gasteiger partial charge >= 0.3 is 0 Å². The lowest BCUT2D eigenvalue weighted by molar-refractivity contribution is 0.412. The van der Waals surface area contributed by atoms with E-state index in [0.717, 1.165) is 45.0 Å². The molecule has 0 amide bonds. The van der Waals surface area contributed by atoms with Gasteiger partial charge in [-0.25, -0.2) is 9.97 Å². The number of rotatable bonds is 5. The molecule has 5 nitrogen and oxygen atoms in total. The number of benzene rings is 3. The number of pyridine rings is 2. The second-order valence-corrected chi connectivity index (χ2v) is 8.40. The van der Waals surface area contributed by atoms with Crippen molar-refractivity contribution in [1.29, 1.82) is 0 Å². The molecule has 0 unspecified atom stereocenters. The molecule has 5 heteroatoms. The molecule has 0 radical (unpaired) electrons. The topological polar surface area (TPSA) is 49.2 Å². The van der Waals surface area contributed by atoms with Crippen molar-refractivity contribution in [1.82, 2.24) is 14.5 Å². The molecule has 3 aromatic heterocycles.